The molecule has 0 unspecified atom stereocenters. The standard InChI is InChI=1S/C6H16NO2PS2/c1-5(2)8-10(11,12-7)9-6(3)4/h5-6H,7H2,1-4H3/p+1. The van der Waals surface area contributed by atoms with E-state index in [2.05, 4.69) is 5.14 Å². The summed E-state index contributed by atoms with van der Waals surface area (Å²) in [5, 5.41) is 3.68. The molecule has 0 aliphatic rings. The van der Waals surface area contributed by atoms with Crippen molar-refractivity contribution in [1.29, 1.82) is 0 Å². The highest BCUT2D eigenvalue weighted by Crippen LogP contribution is 2.58. The van der Waals surface area contributed by atoms with Gasteiger partial charge in [-0.15, -0.1) is 0 Å². The highest BCUT2D eigenvalue weighted by molar-refractivity contribution is 8.65. The van der Waals surface area contributed by atoms with Gasteiger partial charge in [-0.25, -0.2) is 0 Å². The van der Waals surface area contributed by atoms with E-state index in [-0.39, 0.29) is 12.2 Å². The molecule has 0 amide bonds. The van der Waals surface area contributed by atoms with Crippen molar-refractivity contribution < 1.29 is 14.2 Å². The topological polar surface area (TPSA) is 46.1 Å². The Morgan fingerprint density at radius 3 is 1.67 bits per heavy atom. The first-order chi connectivity index (χ1) is 5.39. The van der Waals surface area contributed by atoms with Gasteiger partial charge in [0.15, 0.2) is 11.6 Å². The number of hydrogen-bond acceptors (Lipinski definition) is 4. The fourth-order valence-electron chi connectivity index (χ4n) is 0.602. The lowest BCUT2D eigenvalue weighted by molar-refractivity contribution is -0.134. The molecular weight excluding hydrogens is 213 g/mol. The maximum absolute atomic E-state index is 5.50. The van der Waals surface area contributed by atoms with Crippen LogP contribution < -0.4 is 5.14 Å². The molecule has 0 fully saturated rings. The molecule has 0 aliphatic heterocycles. The second-order valence-corrected chi connectivity index (χ2v) is 8.81. The third kappa shape index (κ3) is 5.51. The zero-order valence-corrected chi connectivity index (χ0v) is 10.5. The van der Waals surface area contributed by atoms with Gasteiger partial charge in [0.25, 0.3) is 0 Å². The Kier molecular flexibility index (Phi) is 5.99. The summed E-state index contributed by atoms with van der Waals surface area (Å²) in [6.45, 7) is 7.78. The van der Waals surface area contributed by atoms with Crippen LogP contribution in [0.5, 0.6) is 0 Å². The van der Waals surface area contributed by atoms with E-state index in [1.165, 1.54) is 11.6 Å². The average Bonchev–Trinajstić information content (AvgIpc) is 1.83. The van der Waals surface area contributed by atoms with Crippen molar-refractivity contribution in [2.24, 2.45) is 0 Å². The lowest BCUT2D eigenvalue weighted by atomic mass is 10.5. The van der Waals surface area contributed by atoms with E-state index in [4.69, 9.17) is 20.9 Å². The molecule has 0 saturated heterocycles. The van der Waals surface area contributed by atoms with Crippen LogP contribution in [0.4, 0.5) is 0 Å². The molecule has 3 N–H and O–H groups in total. The van der Waals surface area contributed by atoms with Crippen molar-refractivity contribution in [3.05, 3.63) is 0 Å². The van der Waals surface area contributed by atoms with E-state index in [1.54, 1.807) is 0 Å². The summed E-state index contributed by atoms with van der Waals surface area (Å²) in [4.78, 5) is 0. The smallest absolute Gasteiger partial charge is 0.305 e. The molecule has 0 saturated carbocycles. The number of quaternary nitrogens is 1. The summed E-state index contributed by atoms with van der Waals surface area (Å²) in [5.74, 6) is 0. The van der Waals surface area contributed by atoms with Gasteiger partial charge in [-0.2, -0.15) is 0 Å². The lowest BCUT2D eigenvalue weighted by Crippen LogP contribution is -2.36. The summed E-state index contributed by atoms with van der Waals surface area (Å²) in [6, 6.07) is 0. The largest absolute Gasteiger partial charge is 0.315 e. The molecule has 0 rings (SSSR count). The van der Waals surface area contributed by atoms with Gasteiger partial charge in [0, 0.05) is 0 Å². The molecule has 0 aromatic carbocycles. The minimum absolute atomic E-state index is 0.101. The van der Waals surface area contributed by atoms with Crippen molar-refractivity contribution >= 4 is 29.1 Å². The Hall–Kier alpha value is 0.880. The first-order valence-corrected chi connectivity index (χ1v) is 8.03. The van der Waals surface area contributed by atoms with Crippen LogP contribution in [0.25, 0.3) is 0 Å². The van der Waals surface area contributed by atoms with Gasteiger partial charge >= 0.3 is 5.69 Å². The van der Waals surface area contributed by atoms with Crippen molar-refractivity contribution in [2.75, 3.05) is 0 Å². The fourth-order valence-corrected chi connectivity index (χ4v) is 4.24. The van der Waals surface area contributed by atoms with Crippen molar-refractivity contribution in [3.8, 4) is 0 Å². The molecule has 0 spiro atoms. The molecule has 0 bridgehead atoms. The second kappa shape index (κ2) is 5.58. The van der Waals surface area contributed by atoms with Crippen LogP contribution in [0.15, 0.2) is 0 Å². The van der Waals surface area contributed by atoms with Gasteiger partial charge < -0.3 is 9.05 Å². The van der Waals surface area contributed by atoms with Gasteiger partial charge in [0.05, 0.1) is 12.2 Å². The summed E-state index contributed by atoms with van der Waals surface area (Å²) in [5.41, 5.74) is -2.17. The minimum Gasteiger partial charge on any atom is -0.315 e. The molecule has 0 aromatic rings. The lowest BCUT2D eigenvalue weighted by Gasteiger charge is -2.21. The Labute approximate surface area is 83.4 Å². The Morgan fingerprint density at radius 1 is 1.17 bits per heavy atom. The molecule has 12 heavy (non-hydrogen) atoms. The third-order valence-corrected chi connectivity index (χ3v) is 5.44. The summed E-state index contributed by atoms with van der Waals surface area (Å²) in [6.07, 6.45) is 0.202. The third-order valence-electron chi connectivity index (χ3n) is 0.838. The van der Waals surface area contributed by atoms with E-state index in [0.717, 1.165) is 0 Å². The maximum atomic E-state index is 5.50. The first-order valence-electron chi connectivity index (χ1n) is 3.80. The fraction of sp³-hybridized carbons (Fsp3) is 1.00. The first kappa shape index (κ1) is 12.9. The summed E-state index contributed by atoms with van der Waals surface area (Å²) in [7, 11) is 0. The van der Waals surface area contributed by atoms with E-state index in [1.807, 2.05) is 27.7 Å². The predicted octanol–water partition coefficient (Wildman–Crippen LogP) is 1.95. The monoisotopic (exact) mass is 230 g/mol. The molecule has 74 valence electrons. The van der Waals surface area contributed by atoms with Crippen LogP contribution in [-0.4, -0.2) is 12.2 Å². The van der Waals surface area contributed by atoms with E-state index in [0.29, 0.717) is 0 Å². The SMILES string of the molecule is CC(C)OP(=S)(OC(C)C)S[NH3+]. The molecule has 0 aliphatic carbocycles. The molecule has 6 heteroatoms. The van der Waals surface area contributed by atoms with Crippen LogP contribution in [-0.2, 0) is 20.9 Å². The Morgan fingerprint density at radius 2 is 1.50 bits per heavy atom. The van der Waals surface area contributed by atoms with Crippen molar-refractivity contribution in [3.63, 3.8) is 0 Å². The summed E-state index contributed by atoms with van der Waals surface area (Å²) >= 11 is 6.48. The van der Waals surface area contributed by atoms with Gasteiger partial charge in [0.1, 0.15) is 0 Å². The van der Waals surface area contributed by atoms with Crippen LogP contribution in [0.1, 0.15) is 27.7 Å². The molecule has 0 aromatic heterocycles. The summed E-state index contributed by atoms with van der Waals surface area (Å²) < 4.78 is 11.0. The average molecular weight is 230 g/mol. The maximum Gasteiger partial charge on any atom is 0.305 e. The highest BCUT2D eigenvalue weighted by Gasteiger charge is 2.25. The number of hydrogen-bond donors (Lipinski definition) is 1. The minimum atomic E-state index is -2.17. The molecular formula is C6H17NO2PS2+. The van der Waals surface area contributed by atoms with Gasteiger partial charge in [-0.3, -0.25) is 5.14 Å². The van der Waals surface area contributed by atoms with Crippen LogP contribution >= 0.6 is 17.3 Å². The van der Waals surface area contributed by atoms with Gasteiger partial charge in [-0.05, 0) is 39.5 Å². The molecule has 0 radical (unpaired) electrons. The predicted molar refractivity (Wildman–Crippen MR) is 57.2 cm³/mol. The number of rotatable bonds is 5. The van der Waals surface area contributed by atoms with Gasteiger partial charge in [-0.1, -0.05) is 0 Å². The van der Waals surface area contributed by atoms with Crippen molar-refractivity contribution in [2.45, 2.75) is 39.9 Å². The molecule has 0 heterocycles. The Balaban J connectivity index is 4.15. The van der Waals surface area contributed by atoms with E-state index >= 15 is 0 Å². The zero-order chi connectivity index (χ0) is 9.78. The molecule has 3 nitrogen and oxygen atoms in total. The van der Waals surface area contributed by atoms with Gasteiger partial charge in [0.2, 0.25) is 0 Å². The normalized spacial score (nSPS) is 12.9. The zero-order valence-electron chi connectivity index (χ0n) is 7.94. The highest BCUT2D eigenvalue weighted by atomic mass is 32.9. The second-order valence-electron chi connectivity index (χ2n) is 2.88. The van der Waals surface area contributed by atoms with Crippen LogP contribution in [0.2, 0.25) is 0 Å². The quantitative estimate of drug-likeness (QED) is 0.579. The van der Waals surface area contributed by atoms with E-state index in [9.17, 15) is 0 Å². The van der Waals surface area contributed by atoms with Crippen molar-refractivity contribution in [1.82, 2.24) is 0 Å². The Bertz CT molecular complexity index is 161. The van der Waals surface area contributed by atoms with E-state index < -0.39 is 5.69 Å². The van der Waals surface area contributed by atoms with Crippen LogP contribution in [0, 0.1) is 0 Å². The van der Waals surface area contributed by atoms with Crippen LogP contribution in [0.3, 0.4) is 0 Å². The molecule has 0 atom stereocenters.